The van der Waals surface area contributed by atoms with Crippen LogP contribution in [0, 0.1) is 0 Å². The van der Waals surface area contributed by atoms with Crippen LogP contribution in [-0.4, -0.2) is 66.1 Å². The molecular formula is C25H23ClF3N5O6S2. The lowest BCUT2D eigenvalue weighted by Crippen LogP contribution is -2.40. The molecule has 0 bridgehead atoms. The summed E-state index contributed by atoms with van der Waals surface area (Å²) in [6.07, 6.45) is -2.68. The maximum atomic E-state index is 12.6. The third-order valence-corrected chi connectivity index (χ3v) is 8.35. The van der Waals surface area contributed by atoms with Gasteiger partial charge in [0.05, 0.1) is 27.5 Å². The molecule has 0 saturated carbocycles. The number of amides is 1. The Morgan fingerprint density at radius 1 is 1.19 bits per heavy atom. The van der Waals surface area contributed by atoms with Crippen LogP contribution in [0.5, 0.6) is 11.6 Å². The molecule has 17 heteroatoms. The van der Waals surface area contributed by atoms with Gasteiger partial charge in [-0.2, -0.15) is 21.6 Å². The minimum absolute atomic E-state index is 0.0735. The number of nitrogens with zero attached hydrogens (tertiary/aromatic N) is 5. The summed E-state index contributed by atoms with van der Waals surface area (Å²) < 4.78 is 71.6. The van der Waals surface area contributed by atoms with Gasteiger partial charge in [-0.1, -0.05) is 22.8 Å². The first kappa shape index (κ1) is 30.0. The highest BCUT2D eigenvalue weighted by Gasteiger charge is 2.34. The number of hydrogen-bond donors (Lipinski definition) is 0. The van der Waals surface area contributed by atoms with Crippen molar-refractivity contribution in [3.63, 3.8) is 0 Å². The molecule has 0 spiro atoms. The molecule has 0 radical (unpaired) electrons. The number of likely N-dealkylation sites (tertiary alicyclic amines) is 1. The zero-order valence-corrected chi connectivity index (χ0v) is 24.3. The van der Waals surface area contributed by atoms with Gasteiger partial charge in [-0.15, -0.1) is 21.5 Å². The van der Waals surface area contributed by atoms with Crippen LogP contribution >= 0.6 is 22.9 Å². The van der Waals surface area contributed by atoms with Crippen LogP contribution in [0.2, 0.25) is 5.02 Å². The number of rotatable bonds is 8. The van der Waals surface area contributed by atoms with E-state index in [2.05, 4.69) is 15.4 Å². The molecule has 2 aliphatic rings. The lowest BCUT2D eigenvalue weighted by molar-refractivity contribution is -0.142. The molecule has 11 nitrogen and oxygen atoms in total. The van der Waals surface area contributed by atoms with E-state index in [-0.39, 0.29) is 35.1 Å². The normalized spacial score (nSPS) is 18.0. The molecule has 1 aromatic carbocycles. The quantitative estimate of drug-likeness (QED) is 0.323. The number of hydrogen-bond acceptors (Lipinski definition) is 11. The second-order valence-corrected chi connectivity index (χ2v) is 12.4. The minimum atomic E-state index is -4.61. The highest BCUT2D eigenvalue weighted by molar-refractivity contribution is 7.86. The van der Waals surface area contributed by atoms with Gasteiger partial charge in [0.15, 0.2) is 24.2 Å². The third-order valence-electron chi connectivity index (χ3n) is 6.53. The van der Waals surface area contributed by atoms with Crippen molar-refractivity contribution in [2.24, 2.45) is 5.16 Å². The van der Waals surface area contributed by atoms with Crippen molar-refractivity contribution in [3.05, 3.63) is 62.7 Å². The largest absolute Gasteiger partial charge is 0.466 e. The first-order valence-corrected chi connectivity index (χ1v) is 15.6. The number of halogens is 4. The standard InChI is InChI=1S/C25H23ClF3N5O6S2/c1-42(36,37)40-18-4-2-3-15(26)23(18)19-11-16(33-39-19)17-13-41-24(30-17)14-7-9-34(10-8-14)22(35)12-38-21-6-5-20(31-32-21)25(27,28)29/h2-6,13-14,19H,7-12H2,1H3. The first-order chi connectivity index (χ1) is 19.9. The van der Waals surface area contributed by atoms with Crippen molar-refractivity contribution >= 4 is 44.7 Å². The number of aromatic nitrogens is 3. The van der Waals surface area contributed by atoms with E-state index in [4.69, 9.17) is 30.3 Å². The molecule has 0 aliphatic carbocycles. The molecule has 42 heavy (non-hydrogen) atoms. The summed E-state index contributed by atoms with van der Waals surface area (Å²) in [4.78, 5) is 24.5. The van der Waals surface area contributed by atoms with Crippen LogP contribution in [0.1, 0.15) is 53.2 Å². The fraction of sp³-hybridized carbons (Fsp3) is 0.400. The van der Waals surface area contributed by atoms with Crippen LogP contribution in [0.15, 0.2) is 40.9 Å². The van der Waals surface area contributed by atoms with Gasteiger partial charge in [-0.05, 0) is 31.0 Å². The SMILES string of the molecule is CS(=O)(=O)Oc1cccc(Cl)c1C1CC(c2csc(C3CCN(C(=O)COc4ccc(C(F)(F)F)nn4)CC3)n2)=NO1. The Hall–Kier alpha value is -3.50. The van der Waals surface area contributed by atoms with Gasteiger partial charge in [-0.25, -0.2) is 4.98 Å². The zero-order valence-electron chi connectivity index (χ0n) is 21.9. The molecule has 1 atom stereocenters. The highest BCUT2D eigenvalue weighted by Crippen LogP contribution is 2.40. The van der Waals surface area contributed by atoms with Crippen LogP contribution in [0.25, 0.3) is 0 Å². The average molecular weight is 646 g/mol. The van der Waals surface area contributed by atoms with Crippen LogP contribution in [0.4, 0.5) is 13.2 Å². The Morgan fingerprint density at radius 2 is 1.95 bits per heavy atom. The van der Waals surface area contributed by atoms with Crippen LogP contribution in [0.3, 0.4) is 0 Å². The van der Waals surface area contributed by atoms with E-state index in [1.54, 1.807) is 17.0 Å². The number of carbonyl (C=O) groups excluding carboxylic acids is 1. The Kier molecular flexibility index (Phi) is 8.57. The molecule has 1 amide bonds. The van der Waals surface area contributed by atoms with Crippen molar-refractivity contribution in [2.45, 2.75) is 37.5 Å². The molecular weight excluding hydrogens is 623 g/mol. The molecule has 1 saturated heterocycles. The summed E-state index contributed by atoms with van der Waals surface area (Å²) in [6.45, 7) is 0.555. The molecule has 4 heterocycles. The van der Waals surface area contributed by atoms with Gasteiger partial charge in [0.1, 0.15) is 5.71 Å². The number of oxime groups is 1. The number of carbonyl (C=O) groups is 1. The summed E-state index contributed by atoms with van der Waals surface area (Å²) in [5.74, 6) is -0.287. The molecule has 3 aromatic rings. The van der Waals surface area contributed by atoms with E-state index in [9.17, 15) is 26.4 Å². The summed E-state index contributed by atoms with van der Waals surface area (Å²) >= 11 is 7.82. The lowest BCUT2D eigenvalue weighted by Gasteiger charge is -2.31. The van der Waals surface area contributed by atoms with E-state index >= 15 is 0 Å². The Bertz CT molecular complexity index is 1590. The van der Waals surface area contributed by atoms with Crippen molar-refractivity contribution in [1.29, 1.82) is 0 Å². The first-order valence-electron chi connectivity index (χ1n) is 12.6. The van der Waals surface area contributed by atoms with Crippen LogP contribution in [-0.2, 0) is 25.9 Å². The third kappa shape index (κ3) is 7.10. The van der Waals surface area contributed by atoms with Gasteiger partial charge >= 0.3 is 16.3 Å². The number of benzene rings is 1. The second kappa shape index (κ2) is 12.0. The molecule has 224 valence electrons. The van der Waals surface area contributed by atoms with Gasteiger partial charge in [0.25, 0.3) is 5.91 Å². The number of piperidine rings is 1. The monoisotopic (exact) mass is 645 g/mol. The van der Waals surface area contributed by atoms with E-state index < -0.39 is 28.1 Å². The lowest BCUT2D eigenvalue weighted by atomic mass is 9.97. The molecule has 2 aliphatic heterocycles. The number of thiazole rings is 1. The maximum Gasteiger partial charge on any atom is 0.435 e. The van der Waals surface area contributed by atoms with Gasteiger partial charge in [0.2, 0.25) is 5.88 Å². The zero-order chi connectivity index (χ0) is 30.1. The molecule has 0 N–H and O–H groups in total. The fourth-order valence-electron chi connectivity index (χ4n) is 4.51. The second-order valence-electron chi connectivity index (χ2n) is 9.54. The van der Waals surface area contributed by atoms with Crippen molar-refractivity contribution in [2.75, 3.05) is 26.0 Å². The predicted octanol–water partition coefficient (Wildman–Crippen LogP) is 4.59. The fourth-order valence-corrected chi connectivity index (χ4v) is 6.27. The van der Waals surface area contributed by atoms with Gasteiger partial charge < -0.3 is 18.7 Å². The average Bonchev–Trinajstić information content (AvgIpc) is 3.61. The molecule has 5 rings (SSSR count). The highest BCUT2D eigenvalue weighted by atomic mass is 35.5. The number of alkyl halides is 3. The summed E-state index contributed by atoms with van der Waals surface area (Å²) in [5, 5.41) is 13.7. The Labute approximate surface area is 247 Å². The molecule has 2 aromatic heterocycles. The molecule has 1 fully saturated rings. The van der Waals surface area contributed by atoms with Crippen molar-refractivity contribution in [3.8, 4) is 11.6 Å². The van der Waals surface area contributed by atoms with Crippen molar-refractivity contribution in [1.82, 2.24) is 20.1 Å². The van der Waals surface area contributed by atoms with Gasteiger partial charge in [0, 0.05) is 36.9 Å². The predicted molar refractivity (Wildman–Crippen MR) is 145 cm³/mol. The van der Waals surface area contributed by atoms with E-state index in [0.29, 0.717) is 49.3 Å². The van der Waals surface area contributed by atoms with Crippen LogP contribution < -0.4 is 8.92 Å². The van der Waals surface area contributed by atoms with Crippen molar-refractivity contribution < 1.29 is 40.1 Å². The maximum absolute atomic E-state index is 12.6. The summed E-state index contributed by atoms with van der Waals surface area (Å²) in [5.41, 5.74) is 0.462. The van der Waals surface area contributed by atoms with Gasteiger partial charge in [-0.3, -0.25) is 4.79 Å². The Morgan fingerprint density at radius 3 is 2.62 bits per heavy atom. The number of ether oxygens (including phenoxy) is 1. The van der Waals surface area contributed by atoms with E-state index in [1.807, 2.05) is 5.38 Å². The summed E-state index contributed by atoms with van der Waals surface area (Å²) in [6, 6.07) is 6.45. The van der Waals surface area contributed by atoms with E-state index in [1.165, 1.54) is 17.4 Å². The smallest absolute Gasteiger partial charge is 0.435 e. The van der Waals surface area contributed by atoms with E-state index in [0.717, 1.165) is 23.4 Å². The summed E-state index contributed by atoms with van der Waals surface area (Å²) in [7, 11) is -3.79. The topological polar surface area (TPSA) is 133 Å². The molecule has 1 unspecified atom stereocenters. The minimum Gasteiger partial charge on any atom is -0.466 e. The Balaban J connectivity index is 1.14.